The molecule has 2 fully saturated rings. The molecule has 1 amide bonds. The van der Waals surface area contributed by atoms with Gasteiger partial charge in [-0.25, -0.2) is 4.98 Å². The van der Waals surface area contributed by atoms with Gasteiger partial charge in [-0.3, -0.25) is 4.79 Å². The van der Waals surface area contributed by atoms with E-state index in [1.165, 1.54) is 0 Å². The Labute approximate surface area is 139 Å². The Morgan fingerprint density at radius 2 is 2.29 bits per heavy atom. The second-order valence-corrected chi connectivity index (χ2v) is 6.13. The molecular formula is C17H19N3O4. The minimum Gasteiger partial charge on any atom is -0.471 e. The average molecular weight is 329 g/mol. The molecule has 0 N–H and O–H groups in total. The zero-order valence-corrected chi connectivity index (χ0v) is 13.4. The number of nitrogens with zero attached hydrogens (tertiary/aromatic N) is 3. The molecule has 0 spiro atoms. The number of morpholine rings is 1. The molecule has 0 radical (unpaired) electrons. The van der Waals surface area contributed by atoms with Gasteiger partial charge in [0.05, 0.1) is 12.6 Å². The van der Waals surface area contributed by atoms with Gasteiger partial charge < -0.3 is 18.9 Å². The van der Waals surface area contributed by atoms with Gasteiger partial charge in [-0.05, 0) is 25.8 Å². The van der Waals surface area contributed by atoms with Crippen LogP contribution in [-0.2, 0) is 4.74 Å². The zero-order chi connectivity index (χ0) is 16.5. The minimum absolute atomic E-state index is 0.00281. The van der Waals surface area contributed by atoms with Crippen LogP contribution in [0.25, 0.3) is 0 Å². The summed E-state index contributed by atoms with van der Waals surface area (Å²) in [5.41, 5.74) is 0.349. The molecular weight excluding hydrogens is 310 g/mol. The fourth-order valence-corrected chi connectivity index (χ4v) is 3.48. The largest absolute Gasteiger partial charge is 0.471 e. The summed E-state index contributed by atoms with van der Waals surface area (Å²) < 4.78 is 16.9. The monoisotopic (exact) mass is 329 g/mol. The Morgan fingerprint density at radius 1 is 1.38 bits per heavy atom. The molecule has 7 heteroatoms. The Morgan fingerprint density at radius 3 is 3.04 bits per heavy atom. The number of hydrogen-bond acceptors (Lipinski definition) is 6. The molecule has 1 aliphatic carbocycles. The molecule has 4 rings (SSSR count). The standard InChI is InChI=1S/C17H19N3O4/c1-11-10-12(19-24-11)17(21)20-8-9-22-16-13(20)5-6-14(16)23-15-4-2-3-7-18-15/h2-4,7,10,13-14,16H,5-6,8-9H2,1H3/t13-,14-,16+/m0/s1. The molecule has 3 heterocycles. The fraction of sp³-hybridized carbons (Fsp3) is 0.471. The van der Waals surface area contributed by atoms with Gasteiger partial charge >= 0.3 is 0 Å². The number of carbonyl (C=O) groups excluding carboxylic acids is 1. The molecule has 2 aliphatic rings. The second kappa shape index (κ2) is 6.24. The third-order valence-electron chi connectivity index (χ3n) is 4.55. The van der Waals surface area contributed by atoms with Crippen molar-refractivity contribution in [2.75, 3.05) is 13.2 Å². The molecule has 24 heavy (non-hydrogen) atoms. The fourth-order valence-electron chi connectivity index (χ4n) is 3.48. The Bertz CT molecular complexity index is 718. The van der Waals surface area contributed by atoms with Crippen molar-refractivity contribution >= 4 is 5.91 Å². The van der Waals surface area contributed by atoms with Gasteiger partial charge in [0.25, 0.3) is 5.91 Å². The predicted molar refractivity (Wildman–Crippen MR) is 83.7 cm³/mol. The lowest BCUT2D eigenvalue weighted by molar-refractivity contribution is -0.0794. The summed E-state index contributed by atoms with van der Waals surface area (Å²) in [6.07, 6.45) is 3.13. The Balaban J connectivity index is 1.49. The van der Waals surface area contributed by atoms with Crippen molar-refractivity contribution in [3.63, 3.8) is 0 Å². The van der Waals surface area contributed by atoms with Gasteiger partial charge in [-0.15, -0.1) is 0 Å². The van der Waals surface area contributed by atoms with E-state index in [2.05, 4.69) is 10.1 Å². The van der Waals surface area contributed by atoms with Crippen LogP contribution in [0.2, 0.25) is 0 Å². The van der Waals surface area contributed by atoms with E-state index in [1.807, 2.05) is 23.1 Å². The lowest BCUT2D eigenvalue weighted by Crippen LogP contribution is -2.54. The number of rotatable bonds is 3. The van der Waals surface area contributed by atoms with E-state index in [-0.39, 0.29) is 24.2 Å². The first-order chi connectivity index (χ1) is 11.7. The topological polar surface area (TPSA) is 77.7 Å². The highest BCUT2D eigenvalue weighted by Gasteiger charge is 2.46. The average Bonchev–Trinajstić information content (AvgIpc) is 3.22. The molecule has 2 aromatic heterocycles. The summed E-state index contributed by atoms with van der Waals surface area (Å²) in [6, 6.07) is 7.24. The summed E-state index contributed by atoms with van der Waals surface area (Å²) >= 11 is 0. The van der Waals surface area contributed by atoms with Gasteiger partial charge in [-0.2, -0.15) is 0 Å². The van der Waals surface area contributed by atoms with Crippen molar-refractivity contribution in [1.82, 2.24) is 15.0 Å². The molecule has 7 nitrogen and oxygen atoms in total. The molecule has 0 unspecified atom stereocenters. The summed E-state index contributed by atoms with van der Waals surface area (Å²) in [5.74, 6) is 1.11. The number of aryl methyl sites for hydroxylation is 1. The molecule has 126 valence electrons. The number of amides is 1. The van der Waals surface area contributed by atoms with E-state index in [0.29, 0.717) is 30.5 Å². The number of hydrogen-bond donors (Lipinski definition) is 0. The molecule has 1 saturated heterocycles. The van der Waals surface area contributed by atoms with Gasteiger partial charge in [0.1, 0.15) is 18.0 Å². The summed E-state index contributed by atoms with van der Waals surface area (Å²) in [7, 11) is 0. The third-order valence-corrected chi connectivity index (χ3v) is 4.55. The summed E-state index contributed by atoms with van der Waals surface area (Å²) in [4.78, 5) is 18.8. The van der Waals surface area contributed by atoms with Crippen LogP contribution in [0.1, 0.15) is 29.1 Å². The molecule has 3 atom stereocenters. The number of fused-ring (bicyclic) bond motifs is 1. The van der Waals surface area contributed by atoms with Crippen molar-refractivity contribution in [2.24, 2.45) is 0 Å². The minimum atomic E-state index is -0.141. The van der Waals surface area contributed by atoms with E-state index in [4.69, 9.17) is 14.0 Å². The zero-order valence-electron chi connectivity index (χ0n) is 13.4. The van der Waals surface area contributed by atoms with Crippen molar-refractivity contribution in [1.29, 1.82) is 0 Å². The summed E-state index contributed by atoms with van der Waals surface area (Å²) in [6.45, 7) is 2.83. The SMILES string of the molecule is Cc1cc(C(=O)N2CCO[C@H]3[C@@H](Oc4ccccn4)CC[C@@H]32)no1. The first-order valence-electron chi connectivity index (χ1n) is 8.16. The van der Waals surface area contributed by atoms with Crippen LogP contribution >= 0.6 is 0 Å². The van der Waals surface area contributed by atoms with E-state index >= 15 is 0 Å². The van der Waals surface area contributed by atoms with Crippen LogP contribution in [0, 0.1) is 6.92 Å². The second-order valence-electron chi connectivity index (χ2n) is 6.13. The van der Waals surface area contributed by atoms with Crippen LogP contribution in [0.3, 0.4) is 0 Å². The number of ether oxygens (including phenoxy) is 2. The highest BCUT2D eigenvalue weighted by molar-refractivity contribution is 5.92. The number of aromatic nitrogens is 2. The normalized spacial score (nSPS) is 26.2. The Hall–Kier alpha value is -2.41. The van der Waals surface area contributed by atoms with Crippen LogP contribution in [0.4, 0.5) is 0 Å². The predicted octanol–water partition coefficient (Wildman–Crippen LogP) is 1.83. The van der Waals surface area contributed by atoms with Gasteiger partial charge in [0.2, 0.25) is 5.88 Å². The third kappa shape index (κ3) is 2.75. The van der Waals surface area contributed by atoms with Crippen LogP contribution in [0.5, 0.6) is 5.88 Å². The van der Waals surface area contributed by atoms with E-state index in [1.54, 1.807) is 19.2 Å². The summed E-state index contributed by atoms with van der Waals surface area (Å²) in [5, 5.41) is 3.84. The maximum absolute atomic E-state index is 12.7. The lowest BCUT2D eigenvalue weighted by atomic mass is 10.1. The highest BCUT2D eigenvalue weighted by atomic mass is 16.5. The molecule has 2 aromatic rings. The number of pyridine rings is 1. The smallest absolute Gasteiger partial charge is 0.276 e. The van der Waals surface area contributed by atoms with Crippen LogP contribution in [-0.4, -0.2) is 52.3 Å². The first-order valence-corrected chi connectivity index (χ1v) is 8.16. The van der Waals surface area contributed by atoms with Crippen molar-refractivity contribution < 1.29 is 18.8 Å². The van der Waals surface area contributed by atoms with Crippen molar-refractivity contribution in [2.45, 2.75) is 38.0 Å². The van der Waals surface area contributed by atoms with E-state index in [0.717, 1.165) is 12.8 Å². The lowest BCUT2D eigenvalue weighted by Gasteiger charge is -2.38. The Kier molecular flexibility index (Phi) is 3.93. The van der Waals surface area contributed by atoms with E-state index < -0.39 is 0 Å². The van der Waals surface area contributed by atoms with Crippen molar-refractivity contribution in [3.8, 4) is 5.88 Å². The van der Waals surface area contributed by atoms with Crippen LogP contribution < -0.4 is 4.74 Å². The maximum Gasteiger partial charge on any atom is 0.276 e. The van der Waals surface area contributed by atoms with E-state index in [9.17, 15) is 4.79 Å². The number of carbonyl (C=O) groups is 1. The molecule has 0 bridgehead atoms. The maximum atomic E-state index is 12.7. The van der Waals surface area contributed by atoms with Gasteiger partial charge in [0.15, 0.2) is 5.69 Å². The molecule has 1 saturated carbocycles. The highest BCUT2D eigenvalue weighted by Crippen LogP contribution is 2.33. The van der Waals surface area contributed by atoms with Crippen LogP contribution in [0.15, 0.2) is 35.0 Å². The van der Waals surface area contributed by atoms with Gasteiger partial charge in [0, 0.05) is 24.9 Å². The molecule has 0 aromatic carbocycles. The first kappa shape index (κ1) is 15.1. The van der Waals surface area contributed by atoms with Crippen molar-refractivity contribution in [3.05, 3.63) is 41.9 Å². The molecule has 1 aliphatic heterocycles. The quantitative estimate of drug-likeness (QED) is 0.855. The van der Waals surface area contributed by atoms with Gasteiger partial charge in [-0.1, -0.05) is 11.2 Å².